The van der Waals surface area contributed by atoms with Gasteiger partial charge in [-0.2, -0.15) is 5.26 Å². The van der Waals surface area contributed by atoms with Crippen LogP contribution in [0.25, 0.3) is 5.57 Å². The van der Waals surface area contributed by atoms with Gasteiger partial charge < -0.3 is 9.15 Å². The van der Waals surface area contributed by atoms with Crippen molar-refractivity contribution >= 4 is 34.5 Å². The van der Waals surface area contributed by atoms with Gasteiger partial charge in [0, 0.05) is 28.3 Å². The Labute approximate surface area is 216 Å². The molecule has 2 aromatic carbocycles. The van der Waals surface area contributed by atoms with Crippen molar-refractivity contribution in [2.24, 2.45) is 4.99 Å². The molecule has 5 rings (SSSR count). The standard InChI is InChI=1S/C27H17Cl2FN4O2/c1-15-22(11-16-4-2-3-5-20(9-16)32-15)27-34-33-24(36-27)12-18-6-7-23(29)26(25(18)30)35-21-10-17(14-31)8-19(28)13-21/h2-10,13H,11-12H2,1H3. The number of benzene rings is 2. The number of hydrogen-bond donors (Lipinski definition) is 0. The lowest BCUT2D eigenvalue weighted by molar-refractivity contribution is 0.436. The summed E-state index contributed by atoms with van der Waals surface area (Å²) in [6.45, 7) is 1.89. The first-order valence-electron chi connectivity index (χ1n) is 10.9. The van der Waals surface area contributed by atoms with Crippen LogP contribution in [0.2, 0.25) is 10.0 Å². The smallest absolute Gasteiger partial charge is 0.245 e. The quantitative estimate of drug-likeness (QED) is 0.351. The summed E-state index contributed by atoms with van der Waals surface area (Å²) in [5.41, 5.74) is 4.03. The van der Waals surface area contributed by atoms with Crippen molar-refractivity contribution in [3.8, 4) is 17.6 Å². The molecule has 178 valence electrons. The van der Waals surface area contributed by atoms with E-state index in [4.69, 9.17) is 37.6 Å². The second-order valence-corrected chi connectivity index (χ2v) is 8.98. The first kappa shape index (κ1) is 23.7. The van der Waals surface area contributed by atoms with Crippen LogP contribution in [0, 0.1) is 17.1 Å². The first-order chi connectivity index (χ1) is 17.4. The average Bonchev–Trinajstić information content (AvgIpc) is 3.11. The second kappa shape index (κ2) is 9.94. The number of rotatable bonds is 5. The topological polar surface area (TPSA) is 84.3 Å². The Hall–Kier alpha value is -3.99. The SMILES string of the molecule is CC1=C(c2nnc(Cc3ccc(Cl)c(Oc4cc(Cl)cc(C#N)c4)c3F)o2)CC2=CC(=N1)C=CC=C2. The number of aromatic nitrogens is 2. The monoisotopic (exact) mass is 518 g/mol. The summed E-state index contributed by atoms with van der Waals surface area (Å²) in [6, 6.07) is 9.42. The molecular weight excluding hydrogens is 502 g/mol. The third-order valence-corrected chi connectivity index (χ3v) is 6.07. The molecule has 0 amide bonds. The van der Waals surface area contributed by atoms with Gasteiger partial charge in [0.05, 0.1) is 28.8 Å². The number of nitriles is 1. The molecule has 9 heteroatoms. The molecule has 1 aliphatic heterocycles. The molecule has 0 atom stereocenters. The van der Waals surface area contributed by atoms with Crippen LogP contribution in [-0.4, -0.2) is 15.9 Å². The van der Waals surface area contributed by atoms with E-state index in [1.54, 1.807) is 0 Å². The Morgan fingerprint density at radius 1 is 1.14 bits per heavy atom. The number of fused-ring (bicyclic) bond motifs is 1. The maximum absolute atomic E-state index is 15.4. The molecule has 36 heavy (non-hydrogen) atoms. The lowest BCUT2D eigenvalue weighted by Gasteiger charge is -2.12. The molecule has 3 aromatic rings. The molecule has 0 radical (unpaired) electrons. The van der Waals surface area contributed by atoms with Gasteiger partial charge in [0.25, 0.3) is 0 Å². The zero-order valence-electron chi connectivity index (χ0n) is 18.9. The van der Waals surface area contributed by atoms with Gasteiger partial charge in [-0.15, -0.1) is 10.2 Å². The largest absolute Gasteiger partial charge is 0.453 e. The fraction of sp³-hybridized carbons (Fsp3) is 0.111. The van der Waals surface area contributed by atoms with E-state index >= 15 is 4.39 Å². The summed E-state index contributed by atoms with van der Waals surface area (Å²) in [5, 5.41) is 17.8. The second-order valence-electron chi connectivity index (χ2n) is 8.13. The van der Waals surface area contributed by atoms with Crippen molar-refractivity contribution < 1.29 is 13.5 Å². The summed E-state index contributed by atoms with van der Waals surface area (Å²) < 4.78 is 27.0. The van der Waals surface area contributed by atoms with Crippen LogP contribution in [0.1, 0.15) is 36.3 Å². The van der Waals surface area contributed by atoms with Crippen LogP contribution < -0.4 is 4.74 Å². The van der Waals surface area contributed by atoms with Crippen LogP contribution in [0.3, 0.4) is 0 Å². The van der Waals surface area contributed by atoms with Crippen molar-refractivity contribution in [3.63, 3.8) is 0 Å². The van der Waals surface area contributed by atoms with Crippen molar-refractivity contribution in [1.29, 1.82) is 5.26 Å². The van der Waals surface area contributed by atoms with Gasteiger partial charge in [0.15, 0.2) is 11.6 Å². The minimum atomic E-state index is -0.677. The van der Waals surface area contributed by atoms with Crippen LogP contribution in [0.4, 0.5) is 4.39 Å². The molecule has 6 nitrogen and oxygen atoms in total. The zero-order valence-corrected chi connectivity index (χ0v) is 20.4. The number of halogens is 3. The number of aliphatic imine (C=N–C) groups is 1. The maximum Gasteiger partial charge on any atom is 0.245 e. The highest BCUT2D eigenvalue weighted by molar-refractivity contribution is 6.32. The van der Waals surface area contributed by atoms with Gasteiger partial charge in [-0.3, -0.25) is 4.99 Å². The molecule has 0 saturated carbocycles. The minimum absolute atomic E-state index is 0.0253. The van der Waals surface area contributed by atoms with E-state index in [-0.39, 0.29) is 45.0 Å². The van der Waals surface area contributed by atoms with E-state index in [1.165, 1.54) is 30.3 Å². The molecule has 2 aliphatic rings. The molecule has 0 unspecified atom stereocenters. The summed E-state index contributed by atoms with van der Waals surface area (Å²) in [6.07, 6.45) is 10.5. The first-order valence-corrected chi connectivity index (χ1v) is 11.7. The highest BCUT2D eigenvalue weighted by Crippen LogP contribution is 2.36. The van der Waals surface area contributed by atoms with Gasteiger partial charge in [-0.05, 0) is 48.9 Å². The molecule has 0 spiro atoms. The Morgan fingerprint density at radius 2 is 1.97 bits per heavy atom. The summed E-state index contributed by atoms with van der Waals surface area (Å²) in [4.78, 5) is 4.65. The minimum Gasteiger partial charge on any atom is -0.453 e. The van der Waals surface area contributed by atoms with Gasteiger partial charge in [-0.25, -0.2) is 4.39 Å². The Morgan fingerprint density at radius 3 is 2.81 bits per heavy atom. The lowest BCUT2D eigenvalue weighted by Crippen LogP contribution is -1.98. The number of nitrogens with zero attached hydrogens (tertiary/aromatic N) is 4. The molecule has 2 bridgehead atoms. The predicted octanol–water partition coefficient (Wildman–Crippen LogP) is 7.40. The fourth-order valence-electron chi connectivity index (χ4n) is 3.84. The van der Waals surface area contributed by atoms with E-state index in [1.807, 2.05) is 43.4 Å². The molecule has 0 N–H and O–H groups in total. The Kier molecular flexibility index (Phi) is 6.55. The number of hydrogen-bond acceptors (Lipinski definition) is 6. The molecular formula is C27H17Cl2FN4O2. The van der Waals surface area contributed by atoms with Crippen LogP contribution in [-0.2, 0) is 6.42 Å². The van der Waals surface area contributed by atoms with Gasteiger partial charge in [0.1, 0.15) is 5.75 Å². The summed E-state index contributed by atoms with van der Waals surface area (Å²) in [7, 11) is 0. The van der Waals surface area contributed by atoms with E-state index in [0.29, 0.717) is 12.3 Å². The molecule has 2 heterocycles. The van der Waals surface area contributed by atoms with Crippen molar-refractivity contribution in [2.75, 3.05) is 0 Å². The van der Waals surface area contributed by atoms with E-state index in [2.05, 4.69) is 15.2 Å². The van der Waals surface area contributed by atoms with Crippen LogP contribution in [0.15, 0.2) is 81.4 Å². The van der Waals surface area contributed by atoms with E-state index in [9.17, 15) is 0 Å². The van der Waals surface area contributed by atoms with Gasteiger partial charge >= 0.3 is 0 Å². The average molecular weight is 519 g/mol. The number of allylic oxidation sites excluding steroid dienone is 8. The maximum atomic E-state index is 15.4. The zero-order chi connectivity index (χ0) is 25.2. The highest BCUT2D eigenvalue weighted by atomic mass is 35.5. The number of ether oxygens (including phenoxy) is 1. The summed E-state index contributed by atoms with van der Waals surface area (Å²) >= 11 is 12.2. The van der Waals surface area contributed by atoms with Crippen molar-refractivity contribution in [2.45, 2.75) is 19.8 Å². The fourth-order valence-corrected chi connectivity index (χ4v) is 4.25. The normalized spacial score (nSPS) is 14.6. The van der Waals surface area contributed by atoms with Crippen LogP contribution >= 0.6 is 23.2 Å². The van der Waals surface area contributed by atoms with E-state index < -0.39 is 5.82 Å². The molecule has 0 saturated heterocycles. The third-order valence-electron chi connectivity index (χ3n) is 5.55. The van der Waals surface area contributed by atoms with E-state index in [0.717, 1.165) is 22.6 Å². The van der Waals surface area contributed by atoms with Crippen molar-refractivity contribution in [3.05, 3.63) is 111 Å². The highest BCUT2D eigenvalue weighted by Gasteiger charge is 2.21. The Balaban J connectivity index is 1.41. The molecule has 0 fully saturated rings. The molecule has 1 aromatic heterocycles. The van der Waals surface area contributed by atoms with Crippen molar-refractivity contribution in [1.82, 2.24) is 10.2 Å². The third kappa shape index (κ3) is 5.01. The Bertz CT molecular complexity index is 1570. The lowest BCUT2D eigenvalue weighted by atomic mass is 10.0. The summed E-state index contributed by atoms with van der Waals surface area (Å²) in [5.74, 6) is -0.107. The predicted molar refractivity (Wildman–Crippen MR) is 136 cm³/mol. The van der Waals surface area contributed by atoms with Crippen LogP contribution in [0.5, 0.6) is 11.5 Å². The van der Waals surface area contributed by atoms with Gasteiger partial charge in [0.2, 0.25) is 11.8 Å². The molecule has 1 aliphatic carbocycles. The van der Waals surface area contributed by atoms with Gasteiger partial charge in [-0.1, -0.05) is 47.5 Å².